The number of hydrogen-bond donors (Lipinski definition) is 2. The topological polar surface area (TPSA) is 49.3 Å². The summed E-state index contributed by atoms with van der Waals surface area (Å²) in [4.78, 5) is 11.8. The Morgan fingerprint density at radius 3 is 2.07 bits per heavy atom. The van der Waals surface area contributed by atoms with Crippen LogP contribution in [0.5, 0.6) is 0 Å². The molecule has 0 rings (SSSR count). The fraction of sp³-hybridized carbons (Fsp3) is 0.458. The Morgan fingerprint density at radius 1 is 0.926 bits per heavy atom. The Balaban J connectivity index is 4.00. The van der Waals surface area contributed by atoms with Crippen molar-refractivity contribution in [3.63, 3.8) is 0 Å². The third-order valence-electron chi connectivity index (χ3n) is 4.12. The van der Waals surface area contributed by atoms with Crippen molar-refractivity contribution in [1.29, 1.82) is 0 Å². The van der Waals surface area contributed by atoms with Gasteiger partial charge >= 0.3 is 0 Å². The number of nitrogens with one attached hydrogen (secondary N) is 1. The van der Waals surface area contributed by atoms with Gasteiger partial charge in [0.25, 0.3) is 0 Å². The van der Waals surface area contributed by atoms with E-state index in [-0.39, 0.29) is 5.91 Å². The molecular formula is C24H37NO2. The van der Waals surface area contributed by atoms with E-state index in [1.54, 1.807) is 6.08 Å². The molecule has 0 saturated heterocycles. The largest absolute Gasteiger partial charge is 0.388 e. The van der Waals surface area contributed by atoms with Crippen molar-refractivity contribution in [2.45, 2.75) is 64.9 Å². The summed E-state index contributed by atoms with van der Waals surface area (Å²) in [5, 5.41) is 13.2. The second kappa shape index (κ2) is 17.3. The molecule has 1 unspecified atom stereocenters. The molecule has 0 bridgehead atoms. The minimum absolute atomic E-state index is 0.178. The summed E-state index contributed by atoms with van der Waals surface area (Å²) < 4.78 is 0. The SMILES string of the molecule is CC=CC=CC=CCCC=CC=CC=CC(=O)NCC(O)(CC)CCCC. The van der Waals surface area contributed by atoms with Crippen LogP contribution < -0.4 is 5.32 Å². The highest BCUT2D eigenvalue weighted by Gasteiger charge is 2.23. The number of carbonyl (C=O) groups is 1. The van der Waals surface area contributed by atoms with Crippen LogP contribution in [0.4, 0.5) is 0 Å². The minimum Gasteiger partial charge on any atom is -0.388 e. The van der Waals surface area contributed by atoms with Gasteiger partial charge in [0.2, 0.25) is 5.91 Å². The van der Waals surface area contributed by atoms with Crippen LogP contribution in [-0.2, 0) is 4.79 Å². The number of aliphatic hydroxyl groups is 1. The molecule has 0 spiro atoms. The highest BCUT2D eigenvalue weighted by atomic mass is 16.3. The van der Waals surface area contributed by atoms with Crippen LogP contribution in [0.2, 0.25) is 0 Å². The van der Waals surface area contributed by atoms with Crippen molar-refractivity contribution in [2.24, 2.45) is 0 Å². The summed E-state index contributed by atoms with van der Waals surface area (Å²) >= 11 is 0. The molecule has 0 aliphatic carbocycles. The van der Waals surface area contributed by atoms with Gasteiger partial charge in [-0.05, 0) is 32.6 Å². The number of carbonyl (C=O) groups excluding carboxylic acids is 1. The standard InChI is InChI=1S/C24H37NO2/c1-4-7-9-10-11-12-13-14-15-16-17-18-19-20-23(26)25-22-24(27,6-3)21-8-5-2/h4,7,9-12,15-20,27H,5-6,8,13-14,21-22H2,1-3H3,(H,25,26). The lowest BCUT2D eigenvalue weighted by Gasteiger charge is -2.26. The fourth-order valence-corrected chi connectivity index (χ4v) is 2.26. The number of unbranched alkanes of at least 4 members (excludes halogenated alkanes) is 2. The molecule has 0 fully saturated rings. The first kappa shape index (κ1) is 24.9. The molecule has 1 atom stereocenters. The third kappa shape index (κ3) is 15.8. The Morgan fingerprint density at radius 2 is 1.52 bits per heavy atom. The van der Waals surface area contributed by atoms with Crippen molar-refractivity contribution in [2.75, 3.05) is 6.54 Å². The van der Waals surface area contributed by atoms with Crippen LogP contribution >= 0.6 is 0 Å². The summed E-state index contributed by atoms with van der Waals surface area (Å²) in [5.74, 6) is -0.178. The number of hydrogen-bond acceptors (Lipinski definition) is 2. The Labute approximate surface area is 166 Å². The van der Waals surface area contributed by atoms with Crippen LogP contribution in [0.1, 0.15) is 59.3 Å². The van der Waals surface area contributed by atoms with Gasteiger partial charge in [0.15, 0.2) is 0 Å². The number of amides is 1. The normalized spacial score (nSPS) is 15.3. The maximum absolute atomic E-state index is 11.8. The van der Waals surface area contributed by atoms with Gasteiger partial charge in [0, 0.05) is 12.6 Å². The summed E-state index contributed by atoms with van der Waals surface area (Å²) in [6, 6.07) is 0. The summed E-state index contributed by atoms with van der Waals surface area (Å²) in [6.45, 7) is 6.34. The van der Waals surface area contributed by atoms with Crippen molar-refractivity contribution < 1.29 is 9.90 Å². The zero-order valence-corrected chi connectivity index (χ0v) is 17.2. The van der Waals surface area contributed by atoms with Crippen LogP contribution in [0.3, 0.4) is 0 Å². The number of rotatable bonds is 14. The lowest BCUT2D eigenvalue weighted by atomic mass is 9.94. The molecule has 0 aromatic rings. The van der Waals surface area contributed by atoms with E-state index in [1.165, 1.54) is 6.08 Å². The fourth-order valence-electron chi connectivity index (χ4n) is 2.26. The molecule has 0 saturated carbocycles. The van der Waals surface area contributed by atoms with E-state index in [0.717, 1.165) is 32.1 Å². The second-order valence-electron chi connectivity index (χ2n) is 6.49. The van der Waals surface area contributed by atoms with E-state index < -0.39 is 5.60 Å². The molecule has 0 radical (unpaired) electrons. The van der Waals surface area contributed by atoms with Crippen LogP contribution in [-0.4, -0.2) is 23.2 Å². The van der Waals surface area contributed by atoms with Gasteiger partial charge in [-0.1, -0.05) is 93.5 Å². The van der Waals surface area contributed by atoms with Gasteiger partial charge in [-0.25, -0.2) is 0 Å². The smallest absolute Gasteiger partial charge is 0.244 e. The van der Waals surface area contributed by atoms with E-state index >= 15 is 0 Å². The maximum Gasteiger partial charge on any atom is 0.244 e. The van der Waals surface area contributed by atoms with Gasteiger partial charge < -0.3 is 10.4 Å². The summed E-state index contributed by atoms with van der Waals surface area (Å²) in [5.41, 5.74) is -0.797. The molecule has 0 aliphatic heterocycles. The van der Waals surface area contributed by atoms with Gasteiger partial charge in [-0.15, -0.1) is 0 Å². The molecule has 2 N–H and O–H groups in total. The van der Waals surface area contributed by atoms with E-state index in [1.807, 2.05) is 62.5 Å². The van der Waals surface area contributed by atoms with Gasteiger partial charge in [0.1, 0.15) is 0 Å². The van der Waals surface area contributed by atoms with E-state index in [4.69, 9.17) is 0 Å². The average molecular weight is 372 g/mol. The molecule has 0 heterocycles. The third-order valence-corrected chi connectivity index (χ3v) is 4.12. The lowest BCUT2D eigenvalue weighted by Crippen LogP contribution is -2.42. The molecule has 3 heteroatoms. The zero-order chi connectivity index (χ0) is 20.2. The maximum atomic E-state index is 11.8. The predicted molar refractivity (Wildman–Crippen MR) is 118 cm³/mol. The molecule has 150 valence electrons. The Kier molecular flexibility index (Phi) is 15.9. The second-order valence-corrected chi connectivity index (χ2v) is 6.49. The van der Waals surface area contributed by atoms with Crippen molar-refractivity contribution >= 4 is 5.91 Å². The monoisotopic (exact) mass is 371 g/mol. The highest BCUT2D eigenvalue weighted by Crippen LogP contribution is 2.17. The summed E-state index contributed by atoms with van der Waals surface area (Å²) in [6.07, 6.45) is 28.6. The predicted octanol–water partition coefficient (Wildman–Crippen LogP) is 5.57. The Bertz CT molecular complexity index is 553. The molecule has 0 aromatic heterocycles. The molecule has 0 aromatic carbocycles. The van der Waals surface area contributed by atoms with Crippen LogP contribution in [0, 0.1) is 0 Å². The molecule has 27 heavy (non-hydrogen) atoms. The van der Waals surface area contributed by atoms with E-state index in [9.17, 15) is 9.90 Å². The van der Waals surface area contributed by atoms with Crippen molar-refractivity contribution in [3.8, 4) is 0 Å². The Hall–Kier alpha value is -2.13. The first-order valence-electron chi connectivity index (χ1n) is 10.0. The van der Waals surface area contributed by atoms with Crippen molar-refractivity contribution in [1.82, 2.24) is 5.32 Å². The lowest BCUT2D eigenvalue weighted by molar-refractivity contribution is -0.117. The van der Waals surface area contributed by atoms with E-state index in [2.05, 4.69) is 24.4 Å². The first-order valence-corrected chi connectivity index (χ1v) is 10.0. The highest BCUT2D eigenvalue weighted by molar-refractivity contribution is 5.87. The van der Waals surface area contributed by atoms with Crippen LogP contribution in [0.25, 0.3) is 0 Å². The van der Waals surface area contributed by atoms with Gasteiger partial charge in [-0.2, -0.15) is 0 Å². The average Bonchev–Trinajstić information content (AvgIpc) is 2.68. The van der Waals surface area contributed by atoms with Crippen LogP contribution in [0.15, 0.2) is 72.9 Å². The molecule has 1 amide bonds. The van der Waals surface area contributed by atoms with Crippen molar-refractivity contribution in [3.05, 3.63) is 72.9 Å². The zero-order valence-electron chi connectivity index (χ0n) is 17.2. The quantitative estimate of drug-likeness (QED) is 0.238. The van der Waals surface area contributed by atoms with Gasteiger partial charge in [-0.3, -0.25) is 4.79 Å². The number of allylic oxidation sites excluding steroid dienone is 11. The molecule has 0 aliphatic rings. The van der Waals surface area contributed by atoms with E-state index in [0.29, 0.717) is 13.0 Å². The molecular weight excluding hydrogens is 334 g/mol. The molecule has 3 nitrogen and oxygen atoms in total. The minimum atomic E-state index is -0.797. The first-order chi connectivity index (χ1) is 13.1. The van der Waals surface area contributed by atoms with Gasteiger partial charge in [0.05, 0.1) is 5.60 Å². The summed E-state index contributed by atoms with van der Waals surface area (Å²) in [7, 11) is 0.